The lowest BCUT2D eigenvalue weighted by Crippen LogP contribution is -2.36. The number of hydrogen-bond acceptors (Lipinski definition) is 5. The van der Waals surface area contributed by atoms with E-state index in [0.717, 1.165) is 25.0 Å². The van der Waals surface area contributed by atoms with Crippen LogP contribution >= 0.6 is 0 Å². The van der Waals surface area contributed by atoms with E-state index in [1.54, 1.807) is 24.3 Å². The number of carbonyl (C=O) groups is 2. The first-order chi connectivity index (χ1) is 17.1. The van der Waals surface area contributed by atoms with E-state index in [1.165, 1.54) is 18.2 Å². The minimum Gasteiger partial charge on any atom is -0.507 e. The number of fused-ring (bicyclic) bond motifs is 1. The molecule has 1 heterocycles. The molecule has 1 saturated heterocycles. The van der Waals surface area contributed by atoms with Crippen molar-refractivity contribution in [3.05, 3.63) is 71.3 Å². The Balaban J connectivity index is 1.46. The van der Waals surface area contributed by atoms with Crippen LogP contribution in [0.2, 0.25) is 0 Å². The molecule has 3 aromatic rings. The van der Waals surface area contributed by atoms with Crippen LogP contribution in [0.5, 0.6) is 11.5 Å². The number of Topliss-reactive ketones (excluding diaryl/α,β-unsaturated/α-hetero) is 1. The minimum absolute atomic E-state index is 0.0941. The van der Waals surface area contributed by atoms with Crippen LogP contribution in [0.3, 0.4) is 0 Å². The number of hydrogen-bond donors (Lipinski definition) is 3. The highest BCUT2D eigenvalue weighted by Crippen LogP contribution is 2.48. The first kappa shape index (κ1) is 24.1. The molecule has 6 nitrogen and oxygen atoms in total. The highest BCUT2D eigenvalue weighted by molar-refractivity contribution is 6.10. The molecule has 9 heteroatoms. The molecular formula is C27H24F3NO5. The zero-order valence-corrected chi connectivity index (χ0v) is 19.1. The van der Waals surface area contributed by atoms with Crippen molar-refractivity contribution in [2.24, 2.45) is 5.41 Å². The molecule has 3 N–H and O–H groups in total. The van der Waals surface area contributed by atoms with Gasteiger partial charge in [-0.3, -0.25) is 14.9 Å². The number of nitrogens with one attached hydrogen (secondary N) is 1. The Bertz CT molecular complexity index is 1330. The summed E-state index contributed by atoms with van der Waals surface area (Å²) >= 11 is 0. The van der Waals surface area contributed by atoms with E-state index < -0.39 is 41.0 Å². The van der Waals surface area contributed by atoms with Crippen LogP contribution in [0.4, 0.5) is 13.2 Å². The van der Waals surface area contributed by atoms with Crippen LogP contribution in [0.25, 0.3) is 10.8 Å². The fraction of sp³-hybridized carbons (Fsp3) is 0.333. The third-order valence-corrected chi connectivity index (χ3v) is 7.29. The number of aromatic hydroxyl groups is 1. The number of phenolic OH excluding ortho intramolecular Hbond substituents is 1. The lowest BCUT2D eigenvalue weighted by Gasteiger charge is -2.22. The van der Waals surface area contributed by atoms with Gasteiger partial charge in [0.25, 0.3) is 0 Å². The van der Waals surface area contributed by atoms with Gasteiger partial charge in [0.1, 0.15) is 18.1 Å². The van der Waals surface area contributed by atoms with Gasteiger partial charge < -0.3 is 14.9 Å². The Morgan fingerprint density at radius 3 is 2.28 bits per heavy atom. The van der Waals surface area contributed by atoms with Crippen LogP contribution < -0.4 is 10.1 Å². The number of halogens is 3. The highest BCUT2D eigenvalue weighted by Gasteiger charge is 2.60. The average molecular weight is 499 g/mol. The standard InChI is InChI=1S/C27H24F3NO5/c28-27(29,30)16-9-7-15(8-10-16)14-36-23-18-6-2-1-5-17(18)20(32)13-19(23)22(33)21-24(31-21)26(25(34)35)11-3-4-12-26/h1-2,5-10,13,21,24,31-32H,3-4,11-12,14H2,(H,34,35). The van der Waals surface area contributed by atoms with Gasteiger partial charge in [0.15, 0.2) is 5.78 Å². The molecule has 188 valence electrons. The Morgan fingerprint density at radius 2 is 1.67 bits per heavy atom. The van der Waals surface area contributed by atoms with Crippen molar-refractivity contribution in [1.29, 1.82) is 0 Å². The first-order valence-corrected chi connectivity index (χ1v) is 11.7. The molecular weight excluding hydrogens is 475 g/mol. The molecule has 36 heavy (non-hydrogen) atoms. The average Bonchev–Trinajstić information content (AvgIpc) is 3.50. The fourth-order valence-corrected chi connectivity index (χ4v) is 5.29. The number of carboxylic acid groups (broad SMARTS) is 1. The van der Waals surface area contributed by atoms with Gasteiger partial charge in [-0.25, -0.2) is 0 Å². The molecule has 2 unspecified atom stereocenters. The number of ketones is 1. The van der Waals surface area contributed by atoms with E-state index in [1.807, 2.05) is 0 Å². The monoisotopic (exact) mass is 499 g/mol. The Morgan fingerprint density at radius 1 is 1.03 bits per heavy atom. The van der Waals surface area contributed by atoms with Crippen molar-refractivity contribution in [2.75, 3.05) is 0 Å². The number of alkyl halides is 3. The topological polar surface area (TPSA) is 106 Å². The van der Waals surface area contributed by atoms with Gasteiger partial charge in [0.05, 0.1) is 22.6 Å². The summed E-state index contributed by atoms with van der Waals surface area (Å²) in [6.07, 6.45) is -1.91. The van der Waals surface area contributed by atoms with Gasteiger partial charge >= 0.3 is 12.1 Å². The van der Waals surface area contributed by atoms with Crippen molar-refractivity contribution < 1.29 is 37.7 Å². The molecule has 0 amide bonds. The van der Waals surface area contributed by atoms with Crippen molar-refractivity contribution in [3.63, 3.8) is 0 Å². The summed E-state index contributed by atoms with van der Waals surface area (Å²) in [5, 5.41) is 24.5. The highest BCUT2D eigenvalue weighted by atomic mass is 19.4. The number of rotatable bonds is 7. The van der Waals surface area contributed by atoms with Gasteiger partial charge in [0, 0.05) is 16.8 Å². The number of aliphatic carboxylic acids is 1. The summed E-state index contributed by atoms with van der Waals surface area (Å²) in [6.45, 7) is -0.103. The summed E-state index contributed by atoms with van der Waals surface area (Å²) in [4.78, 5) is 25.6. The molecule has 0 aromatic heterocycles. The molecule has 0 spiro atoms. The van der Waals surface area contributed by atoms with Gasteiger partial charge in [-0.05, 0) is 36.6 Å². The predicted octanol–water partition coefficient (Wildman–Crippen LogP) is 5.31. The predicted molar refractivity (Wildman–Crippen MR) is 125 cm³/mol. The second-order valence-electron chi connectivity index (χ2n) is 9.46. The van der Waals surface area contributed by atoms with Crippen molar-refractivity contribution in [3.8, 4) is 11.5 Å². The van der Waals surface area contributed by atoms with Crippen LogP contribution in [0.1, 0.15) is 47.2 Å². The lowest BCUT2D eigenvalue weighted by molar-refractivity contribution is -0.148. The molecule has 1 saturated carbocycles. The SMILES string of the molecule is O=C(c1cc(O)c2ccccc2c1OCc1ccc(C(F)(F)F)cc1)C1NC1C1(C(=O)O)CCCC1. The molecule has 2 atom stereocenters. The van der Waals surface area contributed by atoms with Crippen LogP contribution in [-0.4, -0.2) is 34.0 Å². The van der Waals surface area contributed by atoms with Crippen molar-refractivity contribution in [1.82, 2.24) is 5.32 Å². The number of phenols is 1. The van der Waals surface area contributed by atoms with E-state index in [-0.39, 0.29) is 23.7 Å². The van der Waals surface area contributed by atoms with Gasteiger partial charge in [0.2, 0.25) is 0 Å². The summed E-state index contributed by atoms with van der Waals surface area (Å²) < 4.78 is 44.7. The van der Waals surface area contributed by atoms with E-state index in [0.29, 0.717) is 29.2 Å². The summed E-state index contributed by atoms with van der Waals surface area (Å²) in [7, 11) is 0. The van der Waals surface area contributed by atoms with Gasteiger partial charge in [-0.1, -0.05) is 49.2 Å². The Kier molecular flexibility index (Phi) is 5.90. The summed E-state index contributed by atoms with van der Waals surface area (Å²) in [5.41, 5.74) is -1.21. The summed E-state index contributed by atoms with van der Waals surface area (Å²) in [6, 6.07) is 11.4. The van der Waals surface area contributed by atoms with E-state index in [4.69, 9.17) is 4.74 Å². The molecule has 2 aliphatic rings. The smallest absolute Gasteiger partial charge is 0.416 e. The number of carbonyl (C=O) groups excluding carboxylic acids is 1. The minimum atomic E-state index is -4.45. The molecule has 1 aliphatic carbocycles. The van der Waals surface area contributed by atoms with Gasteiger partial charge in [-0.15, -0.1) is 0 Å². The van der Waals surface area contributed by atoms with Crippen molar-refractivity contribution in [2.45, 2.75) is 50.6 Å². The fourth-order valence-electron chi connectivity index (χ4n) is 5.29. The molecule has 1 aliphatic heterocycles. The van der Waals surface area contributed by atoms with Crippen molar-refractivity contribution >= 4 is 22.5 Å². The maximum absolute atomic E-state index is 13.6. The number of benzene rings is 3. The zero-order chi connectivity index (χ0) is 25.7. The maximum atomic E-state index is 13.6. The van der Waals surface area contributed by atoms with Crippen LogP contribution in [0, 0.1) is 5.41 Å². The van der Waals surface area contributed by atoms with E-state index >= 15 is 0 Å². The first-order valence-electron chi connectivity index (χ1n) is 11.7. The molecule has 0 radical (unpaired) electrons. The largest absolute Gasteiger partial charge is 0.507 e. The quantitative estimate of drug-likeness (QED) is 0.301. The number of ether oxygens (including phenoxy) is 1. The Hall–Kier alpha value is -3.59. The second-order valence-corrected chi connectivity index (χ2v) is 9.46. The van der Waals surface area contributed by atoms with Crippen LogP contribution in [0.15, 0.2) is 54.6 Å². The molecule has 3 aromatic carbocycles. The second kappa shape index (κ2) is 8.81. The molecule has 5 rings (SSSR count). The lowest BCUT2D eigenvalue weighted by atomic mass is 9.80. The Labute approximate surface area is 204 Å². The third kappa shape index (κ3) is 4.17. The van der Waals surface area contributed by atoms with E-state index in [9.17, 15) is 33.0 Å². The van der Waals surface area contributed by atoms with Gasteiger partial charge in [-0.2, -0.15) is 13.2 Å². The maximum Gasteiger partial charge on any atom is 0.416 e. The normalized spacial score (nSPS) is 20.9. The van der Waals surface area contributed by atoms with Crippen LogP contribution in [-0.2, 0) is 17.6 Å². The molecule has 2 fully saturated rings. The number of carboxylic acids is 1. The third-order valence-electron chi connectivity index (χ3n) is 7.29. The zero-order valence-electron chi connectivity index (χ0n) is 19.1. The molecule has 0 bridgehead atoms. The van der Waals surface area contributed by atoms with E-state index in [2.05, 4.69) is 5.32 Å². The summed E-state index contributed by atoms with van der Waals surface area (Å²) in [5.74, 6) is -1.25.